The van der Waals surface area contributed by atoms with Crippen molar-refractivity contribution in [1.82, 2.24) is 10.2 Å². The number of carbonyl (C=O) groups excluding carboxylic acids is 1. The molecule has 21 heavy (non-hydrogen) atoms. The Hall–Kier alpha value is -1.43. The first-order valence-corrected chi connectivity index (χ1v) is 7.57. The highest BCUT2D eigenvalue weighted by Gasteiger charge is 2.40. The number of carbonyl (C=O) groups is 1. The lowest BCUT2D eigenvalue weighted by atomic mass is 10.0. The van der Waals surface area contributed by atoms with Gasteiger partial charge in [-0.25, -0.2) is 0 Å². The Kier molecular flexibility index (Phi) is 4.53. The summed E-state index contributed by atoms with van der Waals surface area (Å²) < 4.78 is 11.5. The Morgan fingerprint density at radius 2 is 2.00 bits per heavy atom. The molecule has 1 amide bonds. The number of ether oxygens (including phenoxy) is 2. The van der Waals surface area contributed by atoms with Crippen LogP contribution in [0.4, 0.5) is 0 Å². The molecule has 2 heterocycles. The predicted molar refractivity (Wildman–Crippen MR) is 78.6 cm³/mol. The molecule has 3 rings (SSSR count). The molecule has 0 unspecified atom stereocenters. The van der Waals surface area contributed by atoms with Crippen molar-refractivity contribution < 1.29 is 14.3 Å². The molecule has 5 nitrogen and oxygen atoms in total. The summed E-state index contributed by atoms with van der Waals surface area (Å²) in [6.07, 6.45) is 1.93. The molecule has 5 heteroatoms. The first-order valence-electron chi connectivity index (χ1n) is 7.57. The minimum absolute atomic E-state index is 0.0499. The molecule has 0 bridgehead atoms. The largest absolute Gasteiger partial charge is 0.351 e. The number of amides is 1. The third-order valence-electron chi connectivity index (χ3n) is 4.01. The lowest BCUT2D eigenvalue weighted by Crippen LogP contribution is -2.51. The van der Waals surface area contributed by atoms with Gasteiger partial charge in [-0.3, -0.25) is 9.69 Å². The monoisotopic (exact) mass is 290 g/mol. The lowest BCUT2D eigenvalue weighted by Gasteiger charge is -2.38. The molecule has 1 aromatic carbocycles. The van der Waals surface area contributed by atoms with E-state index in [4.69, 9.17) is 9.47 Å². The number of hydrogen-bond donors (Lipinski definition) is 1. The van der Waals surface area contributed by atoms with Crippen molar-refractivity contribution in [3.05, 3.63) is 35.9 Å². The van der Waals surface area contributed by atoms with Gasteiger partial charge in [0.05, 0.1) is 26.3 Å². The SMILES string of the molecule is O=C(CN1CCCC2(C1)OCCO2)NCc1ccccc1. The van der Waals surface area contributed by atoms with Crippen LogP contribution in [0.2, 0.25) is 0 Å². The van der Waals surface area contributed by atoms with Gasteiger partial charge in [0.25, 0.3) is 0 Å². The second kappa shape index (κ2) is 6.56. The summed E-state index contributed by atoms with van der Waals surface area (Å²) in [7, 11) is 0. The number of piperidine rings is 1. The molecular formula is C16H22N2O3. The van der Waals surface area contributed by atoms with Crippen molar-refractivity contribution in [2.24, 2.45) is 0 Å². The van der Waals surface area contributed by atoms with Gasteiger partial charge in [0.15, 0.2) is 5.79 Å². The van der Waals surface area contributed by atoms with Gasteiger partial charge in [-0.2, -0.15) is 0 Å². The standard InChI is InChI=1S/C16H22N2O3/c19-15(17-11-14-5-2-1-3-6-14)12-18-8-4-7-16(13-18)20-9-10-21-16/h1-3,5-6H,4,7-13H2,(H,17,19). The maximum Gasteiger partial charge on any atom is 0.234 e. The van der Waals surface area contributed by atoms with Gasteiger partial charge in [-0.1, -0.05) is 30.3 Å². The summed E-state index contributed by atoms with van der Waals surface area (Å²) in [5, 5.41) is 2.96. The van der Waals surface area contributed by atoms with Crippen molar-refractivity contribution >= 4 is 5.91 Å². The van der Waals surface area contributed by atoms with Crippen LogP contribution >= 0.6 is 0 Å². The molecule has 2 saturated heterocycles. The number of likely N-dealkylation sites (tertiary alicyclic amines) is 1. The third-order valence-corrected chi connectivity index (χ3v) is 4.01. The maximum absolute atomic E-state index is 12.1. The average molecular weight is 290 g/mol. The lowest BCUT2D eigenvalue weighted by molar-refractivity contribution is -0.189. The van der Waals surface area contributed by atoms with E-state index >= 15 is 0 Å². The molecule has 2 aliphatic rings. The third kappa shape index (κ3) is 3.81. The summed E-state index contributed by atoms with van der Waals surface area (Å²) in [4.78, 5) is 14.2. The van der Waals surface area contributed by atoms with E-state index in [0.717, 1.165) is 24.9 Å². The number of benzene rings is 1. The first-order chi connectivity index (χ1) is 10.3. The fourth-order valence-corrected chi connectivity index (χ4v) is 2.99. The van der Waals surface area contributed by atoms with Gasteiger partial charge in [-0.15, -0.1) is 0 Å². The minimum Gasteiger partial charge on any atom is -0.351 e. The highest BCUT2D eigenvalue weighted by Crippen LogP contribution is 2.29. The molecule has 2 aliphatic heterocycles. The molecule has 0 radical (unpaired) electrons. The van der Waals surface area contributed by atoms with E-state index in [1.807, 2.05) is 30.3 Å². The van der Waals surface area contributed by atoms with Crippen LogP contribution in [0.25, 0.3) is 0 Å². The van der Waals surface area contributed by atoms with E-state index in [-0.39, 0.29) is 5.91 Å². The summed E-state index contributed by atoms with van der Waals surface area (Å²) >= 11 is 0. The summed E-state index contributed by atoms with van der Waals surface area (Å²) in [6.45, 7) is 3.91. The quantitative estimate of drug-likeness (QED) is 0.903. The maximum atomic E-state index is 12.1. The van der Waals surface area contributed by atoms with Crippen LogP contribution in [-0.2, 0) is 20.8 Å². The van der Waals surface area contributed by atoms with Crippen LogP contribution in [0.5, 0.6) is 0 Å². The van der Waals surface area contributed by atoms with Crippen LogP contribution in [0.1, 0.15) is 18.4 Å². The second-order valence-electron chi connectivity index (χ2n) is 5.68. The minimum atomic E-state index is -0.460. The van der Waals surface area contributed by atoms with Crippen LogP contribution in [-0.4, -0.2) is 49.4 Å². The van der Waals surface area contributed by atoms with Gasteiger partial charge < -0.3 is 14.8 Å². The number of nitrogens with one attached hydrogen (secondary N) is 1. The highest BCUT2D eigenvalue weighted by atomic mass is 16.7. The summed E-state index contributed by atoms with van der Waals surface area (Å²) in [5.74, 6) is -0.410. The second-order valence-corrected chi connectivity index (χ2v) is 5.68. The molecule has 0 saturated carbocycles. The Morgan fingerprint density at radius 1 is 1.24 bits per heavy atom. The van der Waals surface area contributed by atoms with Gasteiger partial charge in [0.2, 0.25) is 5.91 Å². The number of rotatable bonds is 4. The molecule has 114 valence electrons. The highest BCUT2D eigenvalue weighted by molar-refractivity contribution is 5.78. The van der Waals surface area contributed by atoms with Crippen LogP contribution in [0, 0.1) is 0 Å². The van der Waals surface area contributed by atoms with Crippen molar-refractivity contribution in [3.8, 4) is 0 Å². The van der Waals surface area contributed by atoms with E-state index in [2.05, 4.69) is 10.2 Å². The average Bonchev–Trinajstić information content (AvgIpc) is 2.94. The molecule has 1 N–H and O–H groups in total. The zero-order chi connectivity index (χ0) is 14.5. The normalized spacial score (nSPS) is 21.5. The van der Waals surface area contributed by atoms with Gasteiger partial charge in [-0.05, 0) is 18.5 Å². The van der Waals surface area contributed by atoms with Gasteiger partial charge in [0.1, 0.15) is 0 Å². The van der Waals surface area contributed by atoms with E-state index in [1.165, 1.54) is 0 Å². The Morgan fingerprint density at radius 3 is 2.76 bits per heavy atom. The number of hydrogen-bond acceptors (Lipinski definition) is 4. The van der Waals surface area contributed by atoms with Gasteiger partial charge >= 0.3 is 0 Å². The zero-order valence-corrected chi connectivity index (χ0v) is 12.2. The Bertz CT molecular complexity index is 472. The molecule has 1 aromatic rings. The van der Waals surface area contributed by atoms with E-state index in [1.54, 1.807) is 0 Å². The Labute approximate surface area is 125 Å². The van der Waals surface area contributed by atoms with E-state index in [9.17, 15) is 4.79 Å². The van der Waals surface area contributed by atoms with Crippen LogP contribution in [0.15, 0.2) is 30.3 Å². The first kappa shape index (κ1) is 14.5. The molecule has 0 aliphatic carbocycles. The van der Waals surface area contributed by atoms with Crippen LogP contribution < -0.4 is 5.32 Å². The van der Waals surface area contributed by atoms with Crippen LogP contribution in [0.3, 0.4) is 0 Å². The van der Waals surface area contributed by atoms with E-state index in [0.29, 0.717) is 32.8 Å². The molecular weight excluding hydrogens is 268 g/mol. The van der Waals surface area contributed by atoms with Gasteiger partial charge in [0, 0.05) is 13.0 Å². The van der Waals surface area contributed by atoms with Crippen molar-refractivity contribution in [2.45, 2.75) is 25.2 Å². The molecule has 0 atom stereocenters. The summed E-state index contributed by atoms with van der Waals surface area (Å²) in [5.41, 5.74) is 1.11. The van der Waals surface area contributed by atoms with Crippen molar-refractivity contribution in [1.29, 1.82) is 0 Å². The molecule has 1 spiro atoms. The smallest absolute Gasteiger partial charge is 0.234 e. The van der Waals surface area contributed by atoms with E-state index < -0.39 is 5.79 Å². The Balaban J connectivity index is 1.46. The fraction of sp³-hybridized carbons (Fsp3) is 0.562. The number of nitrogens with zero attached hydrogens (tertiary/aromatic N) is 1. The summed E-state index contributed by atoms with van der Waals surface area (Å²) in [6, 6.07) is 9.95. The van der Waals surface area contributed by atoms with Crippen molar-refractivity contribution in [3.63, 3.8) is 0 Å². The van der Waals surface area contributed by atoms with Crippen molar-refractivity contribution in [2.75, 3.05) is 32.8 Å². The molecule has 2 fully saturated rings. The predicted octanol–water partition coefficient (Wildman–Crippen LogP) is 1.14. The topological polar surface area (TPSA) is 50.8 Å². The molecule has 0 aromatic heterocycles. The fourth-order valence-electron chi connectivity index (χ4n) is 2.99. The zero-order valence-electron chi connectivity index (χ0n) is 12.2.